The van der Waals surface area contributed by atoms with Crippen LogP contribution in [0.2, 0.25) is 0 Å². The smallest absolute Gasteiger partial charge is 0.108 e. The van der Waals surface area contributed by atoms with Gasteiger partial charge in [0.25, 0.3) is 0 Å². The highest BCUT2D eigenvalue weighted by atomic mass is 32.2. The predicted molar refractivity (Wildman–Crippen MR) is 54.9 cm³/mol. The molecule has 1 fully saturated rings. The molecule has 1 rings (SSSR count). The lowest BCUT2D eigenvalue weighted by Crippen LogP contribution is -2.47. The molecule has 3 N–H and O–H groups in total. The van der Waals surface area contributed by atoms with Gasteiger partial charge in [-0.3, -0.25) is 10.3 Å². The van der Waals surface area contributed by atoms with Crippen LogP contribution in [0.25, 0.3) is 0 Å². The molecule has 70 valence electrons. The van der Waals surface area contributed by atoms with E-state index in [2.05, 4.69) is 11.8 Å². The Labute approximate surface area is 78.2 Å². The number of hydrogen-bond acceptors (Lipinski definition) is 3. The second-order valence-corrected chi connectivity index (χ2v) is 4.25. The van der Waals surface area contributed by atoms with E-state index in [1.807, 2.05) is 11.8 Å². The van der Waals surface area contributed by atoms with Gasteiger partial charge < -0.3 is 5.73 Å². The van der Waals surface area contributed by atoms with E-state index in [4.69, 9.17) is 11.1 Å². The molecule has 0 spiro atoms. The summed E-state index contributed by atoms with van der Waals surface area (Å²) in [6.07, 6.45) is 0.958. The third-order valence-corrected chi connectivity index (χ3v) is 3.17. The van der Waals surface area contributed by atoms with Crippen molar-refractivity contribution in [1.82, 2.24) is 4.90 Å². The number of nitrogens with zero attached hydrogens (tertiary/aromatic N) is 1. The van der Waals surface area contributed by atoms with Crippen molar-refractivity contribution in [1.29, 1.82) is 5.41 Å². The van der Waals surface area contributed by atoms with Crippen LogP contribution in [0, 0.1) is 5.41 Å². The molecular weight excluding hydrogens is 170 g/mol. The molecule has 0 aromatic carbocycles. The Bertz CT molecular complexity index is 154. The zero-order valence-corrected chi connectivity index (χ0v) is 8.36. The van der Waals surface area contributed by atoms with Gasteiger partial charge in [-0.25, -0.2) is 0 Å². The maximum absolute atomic E-state index is 7.42. The minimum Gasteiger partial charge on any atom is -0.386 e. The van der Waals surface area contributed by atoms with E-state index in [0.717, 1.165) is 19.5 Å². The normalized spacial score (nSPS) is 22.1. The highest BCUT2D eigenvalue weighted by molar-refractivity contribution is 7.99. The molecule has 0 saturated carbocycles. The molecule has 1 heterocycles. The number of nitrogens with one attached hydrogen (secondary N) is 1. The van der Waals surface area contributed by atoms with Crippen LogP contribution in [0.15, 0.2) is 0 Å². The van der Waals surface area contributed by atoms with Gasteiger partial charge in [-0.2, -0.15) is 11.8 Å². The molecule has 0 amide bonds. The predicted octanol–water partition coefficient (Wildman–Crippen LogP) is 0.750. The fourth-order valence-corrected chi connectivity index (χ4v) is 2.50. The van der Waals surface area contributed by atoms with Gasteiger partial charge in [0.15, 0.2) is 0 Å². The molecule has 12 heavy (non-hydrogen) atoms. The Morgan fingerprint density at radius 3 is 2.58 bits per heavy atom. The summed E-state index contributed by atoms with van der Waals surface area (Å²) >= 11 is 1.99. The van der Waals surface area contributed by atoms with E-state index < -0.39 is 0 Å². The lowest BCUT2D eigenvalue weighted by molar-refractivity contribution is 0.260. The molecule has 1 aliphatic rings. The molecule has 1 unspecified atom stereocenters. The van der Waals surface area contributed by atoms with Gasteiger partial charge in [-0.05, 0) is 6.42 Å². The van der Waals surface area contributed by atoms with Crippen molar-refractivity contribution in [2.24, 2.45) is 5.73 Å². The summed E-state index contributed by atoms with van der Waals surface area (Å²) in [7, 11) is 0. The molecule has 0 aromatic heterocycles. The molecule has 0 aliphatic carbocycles. The molecule has 0 radical (unpaired) electrons. The number of rotatable bonds is 3. The first-order valence-corrected chi connectivity index (χ1v) is 5.57. The van der Waals surface area contributed by atoms with E-state index in [1.54, 1.807) is 0 Å². The summed E-state index contributed by atoms with van der Waals surface area (Å²) in [4.78, 5) is 2.32. The Balaban J connectivity index is 2.46. The third-order valence-electron chi connectivity index (χ3n) is 2.23. The van der Waals surface area contributed by atoms with Crippen LogP contribution in [-0.4, -0.2) is 41.4 Å². The van der Waals surface area contributed by atoms with Crippen molar-refractivity contribution in [3.63, 3.8) is 0 Å². The highest BCUT2D eigenvalue weighted by Crippen LogP contribution is 2.13. The maximum Gasteiger partial charge on any atom is 0.108 e. The largest absolute Gasteiger partial charge is 0.386 e. The van der Waals surface area contributed by atoms with Gasteiger partial charge >= 0.3 is 0 Å². The quantitative estimate of drug-likeness (QED) is 0.506. The SMILES string of the molecule is CCC(C(=N)N)N1CCSCC1. The van der Waals surface area contributed by atoms with Crippen LogP contribution in [0.1, 0.15) is 13.3 Å². The lowest BCUT2D eigenvalue weighted by atomic mass is 10.1. The van der Waals surface area contributed by atoms with Crippen LogP contribution in [-0.2, 0) is 0 Å². The van der Waals surface area contributed by atoms with E-state index in [0.29, 0.717) is 5.84 Å². The topological polar surface area (TPSA) is 53.1 Å². The monoisotopic (exact) mass is 187 g/mol. The van der Waals surface area contributed by atoms with Crippen LogP contribution in [0.4, 0.5) is 0 Å². The van der Waals surface area contributed by atoms with Crippen LogP contribution in [0.5, 0.6) is 0 Å². The average molecular weight is 187 g/mol. The minimum absolute atomic E-state index is 0.186. The van der Waals surface area contributed by atoms with Crippen LogP contribution in [0.3, 0.4) is 0 Å². The zero-order chi connectivity index (χ0) is 8.97. The van der Waals surface area contributed by atoms with Crippen molar-refractivity contribution >= 4 is 17.6 Å². The van der Waals surface area contributed by atoms with E-state index in [9.17, 15) is 0 Å². The van der Waals surface area contributed by atoms with Gasteiger partial charge in [-0.15, -0.1) is 0 Å². The van der Waals surface area contributed by atoms with Gasteiger partial charge in [0.05, 0.1) is 6.04 Å². The van der Waals surface area contributed by atoms with Crippen LogP contribution >= 0.6 is 11.8 Å². The molecule has 0 bridgehead atoms. The first-order chi connectivity index (χ1) is 5.75. The summed E-state index contributed by atoms with van der Waals surface area (Å²) in [5.74, 6) is 2.69. The van der Waals surface area contributed by atoms with Crippen molar-refractivity contribution in [3.05, 3.63) is 0 Å². The second kappa shape index (κ2) is 4.72. The molecule has 1 aliphatic heterocycles. The molecule has 1 saturated heterocycles. The summed E-state index contributed by atoms with van der Waals surface area (Å²) in [6.45, 7) is 4.26. The molecule has 0 aromatic rings. The van der Waals surface area contributed by atoms with Crippen molar-refractivity contribution in [3.8, 4) is 0 Å². The minimum atomic E-state index is 0.186. The molecule has 4 heteroatoms. The molecular formula is C8H17N3S. The van der Waals surface area contributed by atoms with Gasteiger partial charge in [0.1, 0.15) is 5.84 Å². The zero-order valence-electron chi connectivity index (χ0n) is 7.55. The van der Waals surface area contributed by atoms with Crippen molar-refractivity contribution < 1.29 is 0 Å². The third kappa shape index (κ3) is 2.38. The van der Waals surface area contributed by atoms with E-state index in [1.165, 1.54) is 11.5 Å². The highest BCUT2D eigenvalue weighted by Gasteiger charge is 2.20. The fraction of sp³-hybridized carbons (Fsp3) is 0.875. The standard InChI is InChI=1S/C8H17N3S/c1-2-7(8(9)10)11-3-5-12-6-4-11/h7H,2-6H2,1H3,(H3,9,10). The van der Waals surface area contributed by atoms with E-state index in [-0.39, 0.29) is 6.04 Å². The van der Waals surface area contributed by atoms with Gasteiger partial charge in [0, 0.05) is 24.6 Å². The van der Waals surface area contributed by atoms with Crippen molar-refractivity contribution in [2.75, 3.05) is 24.6 Å². The Morgan fingerprint density at radius 2 is 2.17 bits per heavy atom. The van der Waals surface area contributed by atoms with E-state index >= 15 is 0 Å². The molecule has 1 atom stereocenters. The summed E-state index contributed by atoms with van der Waals surface area (Å²) in [5.41, 5.74) is 5.51. The maximum atomic E-state index is 7.42. The number of thioether (sulfide) groups is 1. The average Bonchev–Trinajstić information content (AvgIpc) is 2.07. The summed E-state index contributed by atoms with van der Waals surface area (Å²) in [6, 6.07) is 0.186. The number of hydrogen-bond donors (Lipinski definition) is 2. The summed E-state index contributed by atoms with van der Waals surface area (Å²) in [5, 5.41) is 7.42. The number of amidine groups is 1. The first kappa shape index (κ1) is 9.86. The van der Waals surface area contributed by atoms with Crippen LogP contribution < -0.4 is 5.73 Å². The lowest BCUT2D eigenvalue weighted by Gasteiger charge is -2.32. The summed E-state index contributed by atoms with van der Waals surface area (Å²) < 4.78 is 0. The first-order valence-electron chi connectivity index (χ1n) is 4.41. The van der Waals surface area contributed by atoms with Gasteiger partial charge in [-0.1, -0.05) is 6.92 Å². The van der Waals surface area contributed by atoms with Crippen molar-refractivity contribution in [2.45, 2.75) is 19.4 Å². The molecule has 3 nitrogen and oxygen atoms in total. The van der Waals surface area contributed by atoms with Gasteiger partial charge in [0.2, 0.25) is 0 Å². The Hall–Kier alpha value is -0.220. The Kier molecular flexibility index (Phi) is 3.88. The number of nitrogens with two attached hydrogens (primary N) is 1. The fourth-order valence-electron chi connectivity index (χ4n) is 1.56. The Morgan fingerprint density at radius 1 is 1.58 bits per heavy atom. The second-order valence-electron chi connectivity index (χ2n) is 3.03.